The van der Waals surface area contributed by atoms with Gasteiger partial charge in [-0.15, -0.1) is 0 Å². The number of carbonyl (C=O) groups is 1. The highest BCUT2D eigenvalue weighted by atomic mass is 16.6. The fourth-order valence-corrected chi connectivity index (χ4v) is 1.37. The van der Waals surface area contributed by atoms with Gasteiger partial charge in [-0.05, 0) is 38.1 Å². The van der Waals surface area contributed by atoms with Gasteiger partial charge in [0.15, 0.2) is 0 Å². The molecule has 0 saturated heterocycles. The van der Waals surface area contributed by atoms with E-state index in [9.17, 15) is 4.79 Å². The highest BCUT2D eigenvalue weighted by Gasteiger charge is 2.11. The number of hydrogen-bond donors (Lipinski definition) is 0. The van der Waals surface area contributed by atoms with Crippen LogP contribution in [-0.4, -0.2) is 32.4 Å². The van der Waals surface area contributed by atoms with Gasteiger partial charge in [-0.25, -0.2) is 4.79 Å². The molecule has 0 saturated carbocycles. The van der Waals surface area contributed by atoms with Gasteiger partial charge in [0.25, 0.3) is 0 Å². The minimum atomic E-state index is -0.349. The van der Waals surface area contributed by atoms with E-state index in [4.69, 9.17) is 14.2 Å². The largest absolute Gasteiger partial charge is 0.494 e. The van der Waals surface area contributed by atoms with E-state index in [1.54, 1.807) is 38.3 Å². The summed E-state index contributed by atoms with van der Waals surface area (Å²) in [6.07, 6.45) is -0.251. The molecule has 0 aliphatic rings. The lowest BCUT2D eigenvalue weighted by Crippen LogP contribution is -2.19. The number of benzene rings is 1. The molecule has 0 bridgehead atoms. The summed E-state index contributed by atoms with van der Waals surface area (Å²) in [5.74, 6) is 0.395. The highest BCUT2D eigenvalue weighted by Crippen LogP contribution is 2.13. The van der Waals surface area contributed by atoms with Gasteiger partial charge in [0.05, 0.1) is 18.8 Å². The van der Waals surface area contributed by atoms with E-state index in [0.717, 1.165) is 5.75 Å². The van der Waals surface area contributed by atoms with Crippen molar-refractivity contribution in [2.24, 2.45) is 0 Å². The molecule has 1 aromatic carbocycles. The zero-order chi connectivity index (χ0) is 12.7. The third-order valence-corrected chi connectivity index (χ3v) is 2.11. The zero-order valence-electron chi connectivity index (χ0n) is 10.4. The molecule has 1 rings (SSSR count). The van der Waals surface area contributed by atoms with Gasteiger partial charge in [-0.1, -0.05) is 0 Å². The number of methoxy groups -OCH3 is 1. The molecule has 0 N–H and O–H groups in total. The van der Waals surface area contributed by atoms with Gasteiger partial charge in [-0.2, -0.15) is 0 Å². The molecule has 1 atom stereocenters. The summed E-state index contributed by atoms with van der Waals surface area (Å²) in [4.78, 5) is 11.7. The van der Waals surface area contributed by atoms with Crippen LogP contribution in [0.15, 0.2) is 24.3 Å². The second-order valence-electron chi connectivity index (χ2n) is 3.63. The Morgan fingerprint density at radius 2 is 1.94 bits per heavy atom. The van der Waals surface area contributed by atoms with E-state index in [1.165, 1.54) is 0 Å². The van der Waals surface area contributed by atoms with Gasteiger partial charge in [0, 0.05) is 7.11 Å². The predicted octanol–water partition coefficient (Wildman–Crippen LogP) is 2.28. The summed E-state index contributed by atoms with van der Waals surface area (Å²) in [5, 5.41) is 0. The van der Waals surface area contributed by atoms with E-state index >= 15 is 0 Å². The maximum absolute atomic E-state index is 11.7. The van der Waals surface area contributed by atoms with Crippen LogP contribution >= 0.6 is 0 Å². The van der Waals surface area contributed by atoms with Gasteiger partial charge in [0.2, 0.25) is 0 Å². The first-order valence-electron chi connectivity index (χ1n) is 5.60. The first-order chi connectivity index (χ1) is 8.17. The van der Waals surface area contributed by atoms with Crippen LogP contribution in [0, 0.1) is 0 Å². The molecule has 1 unspecified atom stereocenters. The summed E-state index contributed by atoms with van der Waals surface area (Å²) in [5.41, 5.74) is 0.511. The van der Waals surface area contributed by atoms with Crippen LogP contribution in [0.5, 0.6) is 5.75 Å². The SMILES string of the molecule is CCOc1ccc(C(=O)OC(C)COC)cc1. The van der Waals surface area contributed by atoms with Gasteiger partial charge in [0.1, 0.15) is 11.9 Å². The molecule has 94 valence electrons. The second-order valence-corrected chi connectivity index (χ2v) is 3.63. The molecule has 0 fully saturated rings. The zero-order valence-corrected chi connectivity index (χ0v) is 10.4. The predicted molar refractivity (Wildman–Crippen MR) is 64.4 cm³/mol. The van der Waals surface area contributed by atoms with Crippen LogP contribution in [0.2, 0.25) is 0 Å². The maximum atomic E-state index is 11.7. The molecule has 0 amide bonds. The number of ether oxygens (including phenoxy) is 3. The van der Waals surface area contributed by atoms with Crippen molar-refractivity contribution < 1.29 is 19.0 Å². The third kappa shape index (κ3) is 4.44. The number of hydrogen-bond acceptors (Lipinski definition) is 4. The molecule has 0 spiro atoms. The smallest absolute Gasteiger partial charge is 0.338 e. The lowest BCUT2D eigenvalue weighted by atomic mass is 10.2. The maximum Gasteiger partial charge on any atom is 0.338 e. The summed E-state index contributed by atoms with van der Waals surface area (Å²) in [6, 6.07) is 6.88. The van der Waals surface area contributed by atoms with Crippen LogP contribution in [0.3, 0.4) is 0 Å². The minimum Gasteiger partial charge on any atom is -0.494 e. The van der Waals surface area contributed by atoms with Crippen LogP contribution < -0.4 is 4.74 Å². The fraction of sp³-hybridized carbons (Fsp3) is 0.462. The van der Waals surface area contributed by atoms with Crippen molar-refractivity contribution in [3.63, 3.8) is 0 Å². The van der Waals surface area contributed by atoms with Crippen molar-refractivity contribution in [3.05, 3.63) is 29.8 Å². The van der Waals surface area contributed by atoms with Crippen molar-refractivity contribution >= 4 is 5.97 Å². The van der Waals surface area contributed by atoms with Gasteiger partial charge < -0.3 is 14.2 Å². The normalized spacial score (nSPS) is 11.9. The molecule has 17 heavy (non-hydrogen) atoms. The third-order valence-electron chi connectivity index (χ3n) is 2.11. The van der Waals surface area contributed by atoms with E-state index in [2.05, 4.69) is 0 Å². The Bertz CT molecular complexity index is 345. The van der Waals surface area contributed by atoms with Crippen molar-refractivity contribution in [1.82, 2.24) is 0 Å². The van der Waals surface area contributed by atoms with Crippen molar-refractivity contribution in [3.8, 4) is 5.75 Å². The monoisotopic (exact) mass is 238 g/mol. The molecule has 0 radical (unpaired) electrons. The molecule has 0 aliphatic heterocycles. The standard InChI is InChI=1S/C13H18O4/c1-4-16-12-7-5-11(6-8-12)13(14)17-10(2)9-15-3/h5-8,10H,4,9H2,1-3H3. The first kappa shape index (κ1) is 13.5. The summed E-state index contributed by atoms with van der Waals surface area (Å²) in [7, 11) is 1.57. The molecule has 4 heteroatoms. The molecular weight excluding hydrogens is 220 g/mol. The van der Waals surface area contributed by atoms with Crippen LogP contribution in [0.1, 0.15) is 24.2 Å². The van der Waals surface area contributed by atoms with E-state index in [-0.39, 0.29) is 12.1 Å². The molecule has 4 nitrogen and oxygen atoms in total. The van der Waals surface area contributed by atoms with Crippen LogP contribution in [-0.2, 0) is 9.47 Å². The Balaban J connectivity index is 2.57. The van der Waals surface area contributed by atoms with E-state index in [1.807, 2.05) is 6.92 Å². The minimum absolute atomic E-state index is 0.251. The first-order valence-corrected chi connectivity index (χ1v) is 5.60. The van der Waals surface area contributed by atoms with Gasteiger partial charge >= 0.3 is 5.97 Å². The fourth-order valence-electron chi connectivity index (χ4n) is 1.37. The average molecular weight is 238 g/mol. The Hall–Kier alpha value is -1.55. The summed E-state index contributed by atoms with van der Waals surface area (Å²) >= 11 is 0. The lowest BCUT2D eigenvalue weighted by Gasteiger charge is -2.12. The Morgan fingerprint density at radius 3 is 2.47 bits per heavy atom. The Labute approximate surface area is 101 Å². The van der Waals surface area contributed by atoms with Crippen LogP contribution in [0.25, 0.3) is 0 Å². The summed E-state index contributed by atoms with van der Waals surface area (Å²) in [6.45, 7) is 4.70. The van der Waals surface area contributed by atoms with E-state index < -0.39 is 0 Å². The number of esters is 1. The van der Waals surface area contributed by atoms with Crippen molar-refractivity contribution in [2.75, 3.05) is 20.3 Å². The topological polar surface area (TPSA) is 44.8 Å². The Morgan fingerprint density at radius 1 is 1.29 bits per heavy atom. The quantitative estimate of drug-likeness (QED) is 0.713. The molecular formula is C13H18O4. The van der Waals surface area contributed by atoms with Crippen LogP contribution in [0.4, 0.5) is 0 Å². The number of rotatable bonds is 6. The van der Waals surface area contributed by atoms with E-state index in [0.29, 0.717) is 18.8 Å². The lowest BCUT2D eigenvalue weighted by molar-refractivity contribution is 0.0120. The second kappa shape index (κ2) is 6.91. The van der Waals surface area contributed by atoms with Crippen molar-refractivity contribution in [2.45, 2.75) is 20.0 Å². The Kier molecular flexibility index (Phi) is 5.49. The molecule has 0 heterocycles. The summed E-state index contributed by atoms with van der Waals surface area (Å²) < 4.78 is 15.4. The molecule has 0 aliphatic carbocycles. The van der Waals surface area contributed by atoms with Crippen molar-refractivity contribution in [1.29, 1.82) is 0 Å². The average Bonchev–Trinajstić information content (AvgIpc) is 2.30. The molecule has 1 aromatic rings. The molecule has 0 aromatic heterocycles. The number of carbonyl (C=O) groups excluding carboxylic acids is 1. The van der Waals surface area contributed by atoms with Gasteiger partial charge in [-0.3, -0.25) is 0 Å². The highest BCUT2D eigenvalue weighted by molar-refractivity contribution is 5.89.